The predicted octanol–water partition coefficient (Wildman–Crippen LogP) is 2.21. The Hall–Kier alpha value is -0.570. The molecule has 12 heavy (non-hydrogen) atoms. The summed E-state index contributed by atoms with van der Waals surface area (Å²) in [5.41, 5.74) is -0.207. The van der Waals surface area contributed by atoms with E-state index in [0.29, 0.717) is 6.61 Å². The predicted molar refractivity (Wildman–Crippen MR) is 50.4 cm³/mol. The molecule has 0 radical (unpaired) electrons. The molecular weight excluding hydrogens is 154 g/mol. The van der Waals surface area contributed by atoms with Crippen LogP contribution in [0.5, 0.6) is 0 Å². The average Bonchev–Trinajstić information content (AvgIpc) is 1.94. The molecule has 3 nitrogen and oxygen atoms in total. The van der Waals surface area contributed by atoms with Gasteiger partial charge in [-0.2, -0.15) is 0 Å². The Labute approximate surface area is 74.7 Å². The highest BCUT2D eigenvalue weighted by atomic mass is 16.6. The van der Waals surface area contributed by atoms with Gasteiger partial charge in [-0.1, -0.05) is 12.1 Å². The Bertz CT molecular complexity index is 127. The van der Waals surface area contributed by atoms with Crippen molar-refractivity contribution in [1.29, 1.82) is 0 Å². The van der Waals surface area contributed by atoms with Crippen LogP contribution < -0.4 is 0 Å². The van der Waals surface area contributed by atoms with Crippen LogP contribution in [0.15, 0.2) is 5.16 Å². The van der Waals surface area contributed by atoms with Crippen molar-refractivity contribution in [3.8, 4) is 0 Å². The van der Waals surface area contributed by atoms with E-state index >= 15 is 0 Å². The van der Waals surface area contributed by atoms with Crippen LogP contribution in [0.25, 0.3) is 0 Å². The third-order valence-corrected chi connectivity index (χ3v) is 0.942. The van der Waals surface area contributed by atoms with Gasteiger partial charge in [-0.15, -0.1) is 0 Å². The number of hydrogen-bond acceptors (Lipinski definition) is 3. The minimum absolute atomic E-state index is 0.207. The van der Waals surface area contributed by atoms with Crippen LogP contribution in [-0.2, 0) is 9.57 Å². The van der Waals surface area contributed by atoms with Crippen molar-refractivity contribution in [1.82, 2.24) is 0 Å². The van der Waals surface area contributed by atoms with Crippen molar-refractivity contribution < 1.29 is 9.57 Å². The van der Waals surface area contributed by atoms with Gasteiger partial charge < -0.3 is 9.57 Å². The monoisotopic (exact) mass is 173 g/mol. The smallest absolute Gasteiger partial charge is 0.129 e. The Morgan fingerprint density at radius 1 is 1.33 bits per heavy atom. The zero-order chi connectivity index (χ0) is 9.45. The quantitative estimate of drug-likeness (QED) is 0.362. The van der Waals surface area contributed by atoms with Crippen LogP contribution in [0.2, 0.25) is 0 Å². The van der Waals surface area contributed by atoms with Crippen LogP contribution in [0.4, 0.5) is 0 Å². The molecule has 0 unspecified atom stereocenters. The van der Waals surface area contributed by atoms with Crippen LogP contribution in [0.1, 0.15) is 34.1 Å². The van der Waals surface area contributed by atoms with Crippen LogP contribution in [0.3, 0.4) is 0 Å². The second-order valence-corrected chi connectivity index (χ2v) is 3.57. The van der Waals surface area contributed by atoms with Crippen molar-refractivity contribution in [2.24, 2.45) is 5.16 Å². The minimum atomic E-state index is -0.207. The molecule has 0 bridgehead atoms. The molecule has 0 saturated carbocycles. The molecule has 0 saturated heterocycles. The lowest BCUT2D eigenvalue weighted by molar-refractivity contribution is 0.000691. The summed E-state index contributed by atoms with van der Waals surface area (Å²) in [6.45, 7) is 9.25. The number of rotatable bonds is 5. The van der Waals surface area contributed by atoms with Gasteiger partial charge in [0.1, 0.15) is 5.60 Å². The molecule has 0 rings (SSSR count). The molecule has 0 atom stereocenters. The zero-order valence-corrected chi connectivity index (χ0v) is 8.46. The molecule has 0 heterocycles. The molecule has 0 amide bonds. The van der Waals surface area contributed by atoms with E-state index in [-0.39, 0.29) is 5.60 Å². The van der Waals surface area contributed by atoms with Gasteiger partial charge in [-0.05, 0) is 27.2 Å². The Kier molecular flexibility index (Phi) is 5.72. The SMILES string of the molecule is CCCOCC=NOC(C)(C)C. The van der Waals surface area contributed by atoms with E-state index in [9.17, 15) is 0 Å². The maximum atomic E-state index is 5.17. The van der Waals surface area contributed by atoms with E-state index in [1.807, 2.05) is 20.8 Å². The van der Waals surface area contributed by atoms with Crippen molar-refractivity contribution in [2.45, 2.75) is 39.7 Å². The lowest BCUT2D eigenvalue weighted by atomic mass is 10.2. The minimum Gasteiger partial charge on any atom is -0.390 e. The van der Waals surface area contributed by atoms with E-state index in [1.54, 1.807) is 6.21 Å². The molecule has 0 aliphatic heterocycles. The molecule has 0 N–H and O–H groups in total. The molecule has 0 aromatic rings. The fraction of sp³-hybridized carbons (Fsp3) is 0.889. The molecule has 0 aromatic heterocycles. The fourth-order valence-electron chi connectivity index (χ4n) is 0.506. The summed E-state index contributed by atoms with van der Waals surface area (Å²) < 4.78 is 5.17. The molecule has 0 spiro atoms. The first kappa shape index (κ1) is 11.4. The molecule has 3 heteroatoms. The Morgan fingerprint density at radius 2 is 2.00 bits per heavy atom. The van der Waals surface area contributed by atoms with E-state index in [4.69, 9.17) is 9.57 Å². The van der Waals surface area contributed by atoms with Gasteiger partial charge in [0.05, 0.1) is 12.8 Å². The van der Waals surface area contributed by atoms with Gasteiger partial charge in [0.2, 0.25) is 0 Å². The Morgan fingerprint density at radius 3 is 2.50 bits per heavy atom. The normalized spacial score (nSPS) is 12.3. The van der Waals surface area contributed by atoms with Gasteiger partial charge >= 0.3 is 0 Å². The van der Waals surface area contributed by atoms with Crippen LogP contribution in [-0.4, -0.2) is 25.0 Å². The van der Waals surface area contributed by atoms with Gasteiger partial charge in [0, 0.05) is 6.61 Å². The summed E-state index contributed by atoms with van der Waals surface area (Å²) in [5, 5.41) is 3.76. The molecule has 0 aromatic carbocycles. The van der Waals surface area contributed by atoms with Crippen molar-refractivity contribution >= 4 is 6.21 Å². The molecule has 72 valence electrons. The second-order valence-electron chi connectivity index (χ2n) is 3.57. The first-order valence-corrected chi connectivity index (χ1v) is 4.34. The number of hydrogen-bond donors (Lipinski definition) is 0. The van der Waals surface area contributed by atoms with Gasteiger partial charge in [0.15, 0.2) is 0 Å². The van der Waals surface area contributed by atoms with E-state index in [0.717, 1.165) is 13.0 Å². The lowest BCUT2D eigenvalue weighted by Crippen LogP contribution is -2.15. The summed E-state index contributed by atoms with van der Waals surface area (Å²) >= 11 is 0. The summed E-state index contributed by atoms with van der Waals surface area (Å²) in [6, 6.07) is 0. The number of nitrogens with zero attached hydrogens (tertiary/aromatic N) is 1. The molecular formula is C9H19NO2. The summed E-state index contributed by atoms with van der Waals surface area (Å²) in [4.78, 5) is 5.10. The zero-order valence-electron chi connectivity index (χ0n) is 8.46. The first-order chi connectivity index (χ1) is 5.56. The highest BCUT2D eigenvalue weighted by Gasteiger charge is 2.08. The highest BCUT2D eigenvalue weighted by molar-refractivity contribution is 5.57. The van der Waals surface area contributed by atoms with Gasteiger partial charge in [-0.25, -0.2) is 0 Å². The molecule has 0 aliphatic rings. The van der Waals surface area contributed by atoms with Crippen molar-refractivity contribution in [2.75, 3.05) is 13.2 Å². The van der Waals surface area contributed by atoms with Gasteiger partial charge in [-0.3, -0.25) is 0 Å². The van der Waals surface area contributed by atoms with Crippen molar-refractivity contribution in [3.63, 3.8) is 0 Å². The standard InChI is InChI=1S/C9H19NO2/c1-5-7-11-8-6-10-12-9(2,3)4/h6H,5,7-8H2,1-4H3. The lowest BCUT2D eigenvalue weighted by Gasteiger charge is -2.14. The average molecular weight is 173 g/mol. The summed E-state index contributed by atoms with van der Waals surface area (Å²) in [6.07, 6.45) is 2.68. The number of ether oxygens (including phenoxy) is 1. The van der Waals surface area contributed by atoms with Crippen LogP contribution >= 0.6 is 0 Å². The first-order valence-electron chi connectivity index (χ1n) is 4.34. The largest absolute Gasteiger partial charge is 0.390 e. The third-order valence-electron chi connectivity index (χ3n) is 0.942. The third kappa shape index (κ3) is 9.43. The van der Waals surface area contributed by atoms with Crippen molar-refractivity contribution in [3.05, 3.63) is 0 Å². The summed E-state index contributed by atoms with van der Waals surface area (Å²) in [5.74, 6) is 0. The maximum Gasteiger partial charge on any atom is 0.129 e. The van der Waals surface area contributed by atoms with Crippen LogP contribution in [0, 0.1) is 0 Å². The Balaban J connectivity index is 3.26. The van der Waals surface area contributed by atoms with E-state index in [1.165, 1.54) is 0 Å². The molecule has 0 fully saturated rings. The fourth-order valence-corrected chi connectivity index (χ4v) is 0.506. The number of oxime groups is 1. The molecule has 0 aliphatic carbocycles. The van der Waals surface area contributed by atoms with Gasteiger partial charge in [0.25, 0.3) is 0 Å². The highest BCUT2D eigenvalue weighted by Crippen LogP contribution is 2.05. The topological polar surface area (TPSA) is 30.8 Å². The second kappa shape index (κ2) is 6.00. The maximum absolute atomic E-state index is 5.17. The van der Waals surface area contributed by atoms with E-state index in [2.05, 4.69) is 12.1 Å². The summed E-state index contributed by atoms with van der Waals surface area (Å²) in [7, 11) is 0. The van der Waals surface area contributed by atoms with E-state index < -0.39 is 0 Å².